The van der Waals surface area contributed by atoms with Crippen LogP contribution >= 0.6 is 0 Å². The second-order valence-corrected chi connectivity index (χ2v) is 5.14. The predicted molar refractivity (Wildman–Crippen MR) is 57.4 cm³/mol. The molecule has 1 saturated heterocycles. The molecule has 1 aliphatic heterocycles. The van der Waals surface area contributed by atoms with Gasteiger partial charge in [-0.1, -0.05) is 0 Å². The summed E-state index contributed by atoms with van der Waals surface area (Å²) in [5.74, 6) is -0.161. The number of hydrogen-bond acceptors (Lipinski definition) is 4. The van der Waals surface area contributed by atoms with Gasteiger partial charge < -0.3 is 15.2 Å². The van der Waals surface area contributed by atoms with Gasteiger partial charge in [-0.05, 0) is 33.7 Å². The first kappa shape index (κ1) is 12.5. The second-order valence-electron chi connectivity index (χ2n) is 5.14. The fourth-order valence-electron chi connectivity index (χ4n) is 1.54. The molecule has 0 amide bonds. The molecule has 0 aliphatic carbocycles. The third kappa shape index (κ3) is 3.80. The Labute approximate surface area is 91.0 Å². The first-order valence-corrected chi connectivity index (χ1v) is 5.49. The minimum absolute atomic E-state index is 0.0462. The van der Waals surface area contributed by atoms with E-state index in [-0.39, 0.29) is 24.7 Å². The van der Waals surface area contributed by atoms with Crippen LogP contribution in [0, 0.1) is 5.41 Å². The lowest BCUT2D eigenvalue weighted by Crippen LogP contribution is -2.44. The van der Waals surface area contributed by atoms with E-state index >= 15 is 0 Å². The molecule has 4 heteroatoms. The molecule has 0 radical (unpaired) electrons. The quantitative estimate of drug-likeness (QED) is 0.665. The summed E-state index contributed by atoms with van der Waals surface area (Å²) in [6, 6.07) is 0.0662. The summed E-state index contributed by atoms with van der Waals surface area (Å²) in [7, 11) is 0. The van der Waals surface area contributed by atoms with Crippen molar-refractivity contribution in [1.82, 2.24) is 5.32 Å². The molecule has 4 nitrogen and oxygen atoms in total. The normalized spacial score (nSPS) is 27.5. The third-order valence-electron chi connectivity index (χ3n) is 2.55. The maximum atomic E-state index is 11.6. The molecule has 0 saturated carbocycles. The van der Waals surface area contributed by atoms with Crippen molar-refractivity contribution in [3.05, 3.63) is 0 Å². The first-order chi connectivity index (χ1) is 6.93. The monoisotopic (exact) mass is 215 g/mol. The van der Waals surface area contributed by atoms with Crippen LogP contribution in [0.15, 0.2) is 0 Å². The van der Waals surface area contributed by atoms with Gasteiger partial charge in [0.1, 0.15) is 6.10 Å². The molecule has 88 valence electrons. The molecule has 1 aliphatic rings. The number of piperidine rings is 1. The largest absolute Gasteiger partial charge is 0.462 e. The van der Waals surface area contributed by atoms with Crippen molar-refractivity contribution in [1.29, 1.82) is 0 Å². The molecule has 0 aromatic heterocycles. The van der Waals surface area contributed by atoms with Crippen molar-refractivity contribution in [3.63, 3.8) is 0 Å². The molecule has 0 spiro atoms. The molecular weight excluding hydrogens is 194 g/mol. The lowest BCUT2D eigenvalue weighted by Gasteiger charge is -2.30. The van der Waals surface area contributed by atoms with E-state index in [1.165, 1.54) is 0 Å². The summed E-state index contributed by atoms with van der Waals surface area (Å²) < 4.78 is 5.40. The number of carbonyl (C=O) groups is 1. The van der Waals surface area contributed by atoms with Crippen molar-refractivity contribution in [2.24, 2.45) is 5.41 Å². The number of rotatable bonds is 2. The maximum Gasteiger partial charge on any atom is 0.311 e. The fourth-order valence-corrected chi connectivity index (χ4v) is 1.54. The summed E-state index contributed by atoms with van der Waals surface area (Å²) in [5, 5.41) is 12.2. The van der Waals surface area contributed by atoms with E-state index in [0.29, 0.717) is 6.42 Å². The van der Waals surface area contributed by atoms with Crippen LogP contribution in [0.4, 0.5) is 0 Å². The highest BCUT2D eigenvalue weighted by atomic mass is 16.5. The van der Waals surface area contributed by atoms with E-state index in [1.807, 2.05) is 20.8 Å². The number of aliphatic hydroxyl groups excluding tert-OH is 1. The lowest BCUT2D eigenvalue weighted by molar-refractivity contribution is -0.160. The van der Waals surface area contributed by atoms with E-state index in [1.54, 1.807) is 0 Å². The van der Waals surface area contributed by atoms with Gasteiger partial charge in [-0.25, -0.2) is 0 Å². The SMILES string of the molecule is CC(C)(C)C(=O)OC1CCNC(CO)C1. The molecule has 0 aromatic rings. The molecule has 15 heavy (non-hydrogen) atoms. The Kier molecular flexibility index (Phi) is 4.11. The average Bonchev–Trinajstić information content (AvgIpc) is 2.16. The molecule has 0 bridgehead atoms. The van der Waals surface area contributed by atoms with Crippen LogP contribution in [0.1, 0.15) is 33.6 Å². The second kappa shape index (κ2) is 4.94. The number of esters is 1. The molecule has 2 N–H and O–H groups in total. The minimum Gasteiger partial charge on any atom is -0.462 e. The average molecular weight is 215 g/mol. The van der Waals surface area contributed by atoms with Gasteiger partial charge in [0.25, 0.3) is 0 Å². The molecular formula is C11H21NO3. The molecule has 2 atom stereocenters. The topological polar surface area (TPSA) is 58.6 Å². The number of hydrogen-bond donors (Lipinski definition) is 2. The van der Waals surface area contributed by atoms with Crippen LogP contribution < -0.4 is 5.32 Å². The molecule has 1 rings (SSSR count). The van der Waals surface area contributed by atoms with Gasteiger partial charge in [0, 0.05) is 12.5 Å². The highest BCUT2D eigenvalue weighted by Crippen LogP contribution is 2.20. The van der Waals surface area contributed by atoms with Gasteiger partial charge in [0.2, 0.25) is 0 Å². The van der Waals surface area contributed by atoms with Gasteiger partial charge in [-0.15, -0.1) is 0 Å². The summed E-state index contributed by atoms with van der Waals surface area (Å²) >= 11 is 0. The zero-order chi connectivity index (χ0) is 11.5. The third-order valence-corrected chi connectivity index (χ3v) is 2.55. The van der Waals surface area contributed by atoms with Gasteiger partial charge >= 0.3 is 5.97 Å². The van der Waals surface area contributed by atoms with Gasteiger partial charge in [0.15, 0.2) is 0 Å². The summed E-state index contributed by atoms with van der Waals surface area (Å²) in [4.78, 5) is 11.6. The zero-order valence-electron chi connectivity index (χ0n) is 9.75. The fraction of sp³-hybridized carbons (Fsp3) is 0.909. The lowest BCUT2D eigenvalue weighted by atomic mass is 9.96. The smallest absolute Gasteiger partial charge is 0.311 e. The number of aliphatic hydroxyl groups is 1. The Morgan fingerprint density at radius 2 is 2.20 bits per heavy atom. The van der Waals surface area contributed by atoms with E-state index in [4.69, 9.17) is 9.84 Å². The molecule has 1 heterocycles. The predicted octanol–water partition coefficient (Wildman–Crippen LogP) is 0.689. The molecule has 0 aromatic carbocycles. The Hall–Kier alpha value is -0.610. The molecule has 1 fully saturated rings. The Morgan fingerprint density at radius 1 is 1.53 bits per heavy atom. The Bertz CT molecular complexity index is 222. The van der Waals surface area contributed by atoms with Gasteiger partial charge in [0.05, 0.1) is 12.0 Å². The van der Waals surface area contributed by atoms with Crippen LogP contribution in [0.3, 0.4) is 0 Å². The van der Waals surface area contributed by atoms with Crippen molar-refractivity contribution in [3.8, 4) is 0 Å². The van der Waals surface area contributed by atoms with E-state index in [9.17, 15) is 4.79 Å². The van der Waals surface area contributed by atoms with Crippen LogP contribution in [0.25, 0.3) is 0 Å². The Balaban J connectivity index is 2.41. The Morgan fingerprint density at radius 3 is 2.73 bits per heavy atom. The van der Waals surface area contributed by atoms with Gasteiger partial charge in [-0.3, -0.25) is 4.79 Å². The molecule has 2 unspecified atom stereocenters. The standard InChI is InChI=1S/C11H21NO3/c1-11(2,3)10(14)15-9-4-5-12-8(6-9)7-13/h8-9,12-13H,4-7H2,1-3H3. The van der Waals surface area contributed by atoms with Crippen molar-refractivity contribution in [2.75, 3.05) is 13.2 Å². The maximum absolute atomic E-state index is 11.6. The van der Waals surface area contributed by atoms with Crippen LogP contribution in [0.2, 0.25) is 0 Å². The van der Waals surface area contributed by atoms with E-state index in [2.05, 4.69) is 5.32 Å². The zero-order valence-corrected chi connectivity index (χ0v) is 9.75. The first-order valence-electron chi connectivity index (χ1n) is 5.49. The van der Waals surface area contributed by atoms with Gasteiger partial charge in [-0.2, -0.15) is 0 Å². The van der Waals surface area contributed by atoms with Crippen LogP contribution in [0.5, 0.6) is 0 Å². The van der Waals surface area contributed by atoms with Crippen LogP contribution in [-0.4, -0.2) is 36.4 Å². The summed E-state index contributed by atoms with van der Waals surface area (Å²) in [6.07, 6.45) is 1.49. The number of carbonyl (C=O) groups excluding carboxylic acids is 1. The van der Waals surface area contributed by atoms with Crippen molar-refractivity contribution in [2.45, 2.75) is 45.8 Å². The van der Waals surface area contributed by atoms with E-state index < -0.39 is 5.41 Å². The summed E-state index contributed by atoms with van der Waals surface area (Å²) in [5.41, 5.74) is -0.445. The highest BCUT2D eigenvalue weighted by Gasteiger charge is 2.29. The summed E-state index contributed by atoms with van der Waals surface area (Å²) in [6.45, 7) is 6.44. The minimum atomic E-state index is -0.445. The number of ether oxygens (including phenoxy) is 1. The highest BCUT2D eigenvalue weighted by molar-refractivity contribution is 5.75. The van der Waals surface area contributed by atoms with Crippen molar-refractivity contribution < 1.29 is 14.6 Å². The van der Waals surface area contributed by atoms with Crippen LogP contribution in [-0.2, 0) is 9.53 Å². The number of nitrogens with one attached hydrogen (secondary N) is 1. The van der Waals surface area contributed by atoms with E-state index in [0.717, 1.165) is 13.0 Å². The van der Waals surface area contributed by atoms with Crippen molar-refractivity contribution >= 4 is 5.97 Å².